The monoisotopic (exact) mass is 406 g/mol. The fourth-order valence-electron chi connectivity index (χ4n) is 3.18. The van der Waals surface area contributed by atoms with Crippen LogP contribution in [0.2, 0.25) is 0 Å². The van der Waals surface area contributed by atoms with Gasteiger partial charge in [0.25, 0.3) is 0 Å². The minimum atomic E-state index is -0.284. The smallest absolute Gasteiger partial charge is 0.244 e. The van der Waals surface area contributed by atoms with Crippen molar-refractivity contribution in [3.05, 3.63) is 41.2 Å². The molecule has 5 nitrogen and oxygen atoms in total. The Morgan fingerprint density at radius 3 is 2.74 bits per heavy atom. The molecular formula is C19H23FN4OS2. The summed E-state index contributed by atoms with van der Waals surface area (Å²) < 4.78 is 13.0. The summed E-state index contributed by atoms with van der Waals surface area (Å²) >= 11 is 6.69. The van der Waals surface area contributed by atoms with Gasteiger partial charge in [-0.1, -0.05) is 19.8 Å². The maximum atomic E-state index is 13.0. The highest BCUT2D eigenvalue weighted by molar-refractivity contribution is 7.80. The first-order valence-corrected chi connectivity index (χ1v) is 10.4. The van der Waals surface area contributed by atoms with Gasteiger partial charge in [-0.2, -0.15) is 0 Å². The number of thiazole rings is 1. The van der Waals surface area contributed by atoms with Gasteiger partial charge in [-0.15, -0.1) is 11.3 Å². The van der Waals surface area contributed by atoms with Crippen LogP contribution in [-0.4, -0.2) is 22.0 Å². The quantitative estimate of drug-likeness (QED) is 0.535. The molecule has 1 heterocycles. The van der Waals surface area contributed by atoms with Gasteiger partial charge >= 0.3 is 0 Å². The molecule has 1 aromatic carbocycles. The van der Waals surface area contributed by atoms with Gasteiger partial charge in [-0.3, -0.25) is 15.6 Å². The first-order valence-electron chi connectivity index (χ1n) is 9.07. The van der Waals surface area contributed by atoms with Crippen molar-refractivity contribution in [3.63, 3.8) is 0 Å². The van der Waals surface area contributed by atoms with Crippen LogP contribution in [0.4, 0.5) is 4.39 Å². The number of benzene rings is 1. The Hall–Kier alpha value is -2.06. The van der Waals surface area contributed by atoms with Gasteiger partial charge in [0, 0.05) is 17.0 Å². The largest absolute Gasteiger partial charge is 0.358 e. The molecule has 3 rings (SSSR count). The lowest BCUT2D eigenvalue weighted by Gasteiger charge is -2.30. The van der Waals surface area contributed by atoms with Gasteiger partial charge in [0.05, 0.1) is 12.1 Å². The summed E-state index contributed by atoms with van der Waals surface area (Å²) in [5.74, 6) is 0.0778. The van der Waals surface area contributed by atoms with Crippen LogP contribution >= 0.6 is 23.6 Å². The van der Waals surface area contributed by atoms with Crippen molar-refractivity contribution >= 4 is 34.6 Å². The molecule has 0 aliphatic heterocycles. The molecule has 1 aliphatic carbocycles. The molecule has 0 radical (unpaired) electrons. The molecule has 0 saturated heterocycles. The number of carbonyl (C=O) groups is 1. The number of thiocarbonyl (C=S) groups is 1. The summed E-state index contributed by atoms with van der Waals surface area (Å²) in [6, 6.07) is 6.50. The summed E-state index contributed by atoms with van der Waals surface area (Å²) in [5, 5.41) is 6.31. The minimum absolute atomic E-state index is 0.146. The Morgan fingerprint density at radius 1 is 1.26 bits per heavy atom. The number of hydrogen-bond donors (Lipinski definition) is 3. The lowest BCUT2D eigenvalue weighted by molar-refractivity contribution is -0.121. The van der Waals surface area contributed by atoms with Crippen LogP contribution in [0.5, 0.6) is 0 Å². The average Bonchev–Trinajstić information content (AvgIpc) is 3.11. The number of rotatable bonds is 4. The number of hydrazine groups is 1. The topological polar surface area (TPSA) is 66.0 Å². The molecule has 1 saturated carbocycles. The molecule has 144 valence electrons. The van der Waals surface area contributed by atoms with Crippen molar-refractivity contribution < 1.29 is 9.18 Å². The van der Waals surface area contributed by atoms with Crippen molar-refractivity contribution in [1.29, 1.82) is 0 Å². The molecule has 0 bridgehead atoms. The third-order valence-corrected chi connectivity index (χ3v) is 5.89. The molecular weight excluding hydrogens is 383 g/mol. The molecule has 2 aromatic rings. The van der Waals surface area contributed by atoms with Crippen molar-refractivity contribution in [2.45, 2.75) is 45.1 Å². The van der Waals surface area contributed by atoms with Crippen LogP contribution in [-0.2, 0) is 11.2 Å². The third kappa shape index (κ3) is 5.71. The lowest BCUT2D eigenvalue weighted by atomic mass is 9.86. The van der Waals surface area contributed by atoms with E-state index >= 15 is 0 Å². The van der Waals surface area contributed by atoms with Crippen LogP contribution in [0.3, 0.4) is 0 Å². The van der Waals surface area contributed by atoms with E-state index in [1.807, 2.05) is 5.38 Å². The number of hydrogen-bond acceptors (Lipinski definition) is 4. The first-order chi connectivity index (χ1) is 13.0. The van der Waals surface area contributed by atoms with E-state index in [9.17, 15) is 9.18 Å². The normalized spacial score (nSPS) is 19.3. The van der Waals surface area contributed by atoms with Gasteiger partial charge in [-0.05, 0) is 55.2 Å². The number of nitrogens with zero attached hydrogens (tertiary/aromatic N) is 1. The summed E-state index contributed by atoms with van der Waals surface area (Å²) in [4.78, 5) is 16.6. The SMILES string of the molecule is C[C@H]1CCCC[C@@H]1NC(=S)NNC(=O)Cc1csc(-c2ccc(F)cc2)n1. The van der Waals surface area contributed by atoms with Crippen molar-refractivity contribution in [2.75, 3.05) is 0 Å². The fourth-order valence-corrected chi connectivity index (χ4v) is 4.21. The zero-order chi connectivity index (χ0) is 19.2. The van der Waals surface area contributed by atoms with E-state index in [2.05, 4.69) is 28.1 Å². The van der Waals surface area contributed by atoms with Crippen LogP contribution in [0.25, 0.3) is 10.6 Å². The zero-order valence-corrected chi connectivity index (χ0v) is 16.8. The van der Waals surface area contributed by atoms with E-state index in [0.29, 0.717) is 22.8 Å². The van der Waals surface area contributed by atoms with Gasteiger partial charge in [-0.25, -0.2) is 9.37 Å². The highest BCUT2D eigenvalue weighted by atomic mass is 32.1. The van der Waals surface area contributed by atoms with Crippen LogP contribution in [0.15, 0.2) is 29.6 Å². The predicted molar refractivity (Wildman–Crippen MR) is 110 cm³/mol. The molecule has 1 aromatic heterocycles. The summed E-state index contributed by atoms with van der Waals surface area (Å²) in [7, 11) is 0. The molecule has 1 aliphatic rings. The van der Waals surface area contributed by atoms with Gasteiger partial charge < -0.3 is 5.32 Å². The van der Waals surface area contributed by atoms with E-state index in [-0.39, 0.29) is 18.1 Å². The Morgan fingerprint density at radius 2 is 2.00 bits per heavy atom. The third-order valence-electron chi connectivity index (χ3n) is 4.73. The molecule has 8 heteroatoms. The second-order valence-corrected chi connectivity index (χ2v) is 8.11. The Balaban J connectivity index is 1.45. The Labute approximate surface area is 167 Å². The van der Waals surface area contributed by atoms with Crippen LogP contribution < -0.4 is 16.2 Å². The summed E-state index contributed by atoms with van der Waals surface area (Å²) in [6.07, 6.45) is 4.92. The molecule has 3 N–H and O–H groups in total. The van der Waals surface area contributed by atoms with Gasteiger partial charge in [0.1, 0.15) is 10.8 Å². The van der Waals surface area contributed by atoms with Gasteiger partial charge in [0.15, 0.2) is 5.11 Å². The first kappa shape index (κ1) is 19.7. The summed E-state index contributed by atoms with van der Waals surface area (Å²) in [6.45, 7) is 2.22. The van der Waals surface area contributed by atoms with Crippen LogP contribution in [0.1, 0.15) is 38.3 Å². The highest BCUT2D eigenvalue weighted by Gasteiger charge is 2.21. The van der Waals surface area contributed by atoms with E-state index < -0.39 is 0 Å². The second-order valence-electron chi connectivity index (χ2n) is 6.84. The fraction of sp³-hybridized carbons (Fsp3) is 0.421. The van der Waals surface area contributed by atoms with E-state index in [0.717, 1.165) is 17.0 Å². The van der Waals surface area contributed by atoms with E-state index in [4.69, 9.17) is 12.2 Å². The van der Waals surface area contributed by atoms with Crippen LogP contribution in [0, 0.1) is 11.7 Å². The number of halogens is 1. The van der Waals surface area contributed by atoms with Crippen molar-refractivity contribution in [2.24, 2.45) is 5.92 Å². The van der Waals surface area contributed by atoms with Crippen molar-refractivity contribution in [1.82, 2.24) is 21.2 Å². The molecule has 0 unspecified atom stereocenters. The standard InChI is InChI=1S/C19H23FN4OS2/c1-12-4-2-3-5-16(12)22-19(26)24-23-17(25)10-15-11-27-18(21-15)13-6-8-14(20)9-7-13/h6-9,11-12,16H,2-5,10H2,1H3,(H,23,25)(H2,22,24,26)/t12-,16-/m0/s1. The maximum absolute atomic E-state index is 13.0. The molecule has 1 fully saturated rings. The number of aromatic nitrogens is 1. The summed E-state index contributed by atoms with van der Waals surface area (Å²) in [5.41, 5.74) is 6.88. The number of amides is 1. The Bertz CT molecular complexity index is 793. The Kier molecular flexibility index (Phi) is 6.73. The molecule has 0 spiro atoms. The maximum Gasteiger partial charge on any atom is 0.244 e. The lowest BCUT2D eigenvalue weighted by Crippen LogP contribution is -2.51. The van der Waals surface area contributed by atoms with E-state index in [1.165, 1.54) is 42.7 Å². The average molecular weight is 407 g/mol. The molecule has 27 heavy (non-hydrogen) atoms. The molecule has 1 amide bonds. The van der Waals surface area contributed by atoms with Crippen molar-refractivity contribution in [3.8, 4) is 10.6 Å². The number of carbonyl (C=O) groups excluding carboxylic acids is 1. The predicted octanol–water partition coefficient (Wildman–Crippen LogP) is 3.57. The molecule has 2 atom stereocenters. The zero-order valence-electron chi connectivity index (χ0n) is 15.1. The van der Waals surface area contributed by atoms with E-state index in [1.54, 1.807) is 12.1 Å². The minimum Gasteiger partial charge on any atom is -0.358 e. The highest BCUT2D eigenvalue weighted by Crippen LogP contribution is 2.24. The number of nitrogens with one attached hydrogen (secondary N) is 3. The second kappa shape index (κ2) is 9.23. The van der Waals surface area contributed by atoms with Gasteiger partial charge in [0.2, 0.25) is 5.91 Å².